The smallest absolute Gasteiger partial charge is 0.349 e. The molecule has 0 N–H and O–H groups in total. The lowest BCUT2D eigenvalue weighted by atomic mass is 10.0. The highest BCUT2D eigenvalue weighted by Crippen LogP contribution is 2.29. The first-order chi connectivity index (χ1) is 15.9. The quantitative estimate of drug-likeness (QED) is 0.576. The monoisotopic (exact) mass is 445 g/mol. The Bertz CT molecular complexity index is 1230. The van der Waals surface area contributed by atoms with E-state index in [1.807, 2.05) is 13.1 Å². The second kappa shape index (κ2) is 9.67. The van der Waals surface area contributed by atoms with Gasteiger partial charge in [0.05, 0.1) is 5.52 Å². The molecule has 8 heteroatoms. The Balaban J connectivity index is 1.65. The molecule has 4 rings (SSSR count). The van der Waals surface area contributed by atoms with Crippen LogP contribution in [0.3, 0.4) is 0 Å². The molecule has 1 saturated heterocycles. The molecule has 0 aliphatic carbocycles. The van der Waals surface area contributed by atoms with Gasteiger partial charge in [0.25, 0.3) is 0 Å². The lowest BCUT2D eigenvalue weighted by Crippen LogP contribution is -2.59. The van der Waals surface area contributed by atoms with Crippen LogP contribution in [0, 0.1) is 18.3 Å². The highest BCUT2D eigenvalue weighted by atomic mass is 16.1. The number of aryl methyl sites for hydroxylation is 2. The Morgan fingerprint density at radius 2 is 1.88 bits per heavy atom. The number of fused-ring (bicyclic) bond motifs is 1. The molecule has 0 saturated carbocycles. The van der Waals surface area contributed by atoms with Crippen molar-refractivity contribution >= 4 is 16.9 Å². The third kappa shape index (κ3) is 4.60. The highest BCUT2D eigenvalue weighted by Gasteiger charge is 2.34. The van der Waals surface area contributed by atoms with Crippen LogP contribution in [0.25, 0.3) is 11.0 Å². The van der Waals surface area contributed by atoms with Crippen molar-refractivity contribution in [1.29, 1.82) is 5.26 Å². The minimum Gasteiger partial charge on any atom is -0.349 e. The van der Waals surface area contributed by atoms with Crippen LogP contribution in [-0.4, -0.2) is 56.1 Å². The van der Waals surface area contributed by atoms with Crippen LogP contribution in [0.1, 0.15) is 43.6 Å². The Kier molecular flexibility index (Phi) is 6.70. The number of hydrogen-bond acceptors (Lipinski definition) is 7. The van der Waals surface area contributed by atoms with Gasteiger partial charge >= 0.3 is 5.69 Å². The molecular formula is C25H31N7O. The zero-order valence-corrected chi connectivity index (χ0v) is 19.8. The van der Waals surface area contributed by atoms with Crippen LogP contribution in [0.15, 0.2) is 35.3 Å². The summed E-state index contributed by atoms with van der Waals surface area (Å²) in [5.74, 6) is 0.595. The minimum absolute atomic E-state index is 0.208. The topological polar surface area (TPSA) is 90.9 Å². The van der Waals surface area contributed by atoms with Gasteiger partial charge in [-0.05, 0) is 49.9 Å². The van der Waals surface area contributed by atoms with Gasteiger partial charge in [-0.3, -0.25) is 14.5 Å². The van der Waals surface area contributed by atoms with Crippen molar-refractivity contribution < 1.29 is 0 Å². The molecule has 1 fully saturated rings. The van der Waals surface area contributed by atoms with E-state index < -0.39 is 0 Å². The fourth-order valence-corrected chi connectivity index (χ4v) is 4.67. The second-order valence-corrected chi connectivity index (χ2v) is 8.78. The number of piperazine rings is 1. The van der Waals surface area contributed by atoms with Gasteiger partial charge in [-0.25, -0.2) is 9.78 Å². The molecule has 3 aromatic rings. The first-order valence-electron chi connectivity index (χ1n) is 11.6. The molecule has 1 aliphatic heterocycles. The summed E-state index contributed by atoms with van der Waals surface area (Å²) in [4.78, 5) is 30.9. The summed E-state index contributed by atoms with van der Waals surface area (Å²) in [6.45, 7) is 9.01. The van der Waals surface area contributed by atoms with Gasteiger partial charge in [-0.15, -0.1) is 0 Å². The molecule has 1 aliphatic rings. The molecule has 0 bridgehead atoms. The van der Waals surface area contributed by atoms with E-state index in [4.69, 9.17) is 0 Å². The Labute approximate surface area is 194 Å². The fourth-order valence-electron chi connectivity index (χ4n) is 4.67. The van der Waals surface area contributed by atoms with Gasteiger partial charge < -0.3 is 4.90 Å². The normalized spacial score (nSPS) is 19.1. The Morgan fingerprint density at radius 3 is 2.55 bits per heavy atom. The molecule has 4 heterocycles. The first kappa shape index (κ1) is 22.9. The molecule has 172 valence electrons. The van der Waals surface area contributed by atoms with Gasteiger partial charge in [-0.2, -0.15) is 10.2 Å². The van der Waals surface area contributed by atoms with E-state index in [2.05, 4.69) is 56.8 Å². The molecule has 0 aromatic carbocycles. The molecule has 8 nitrogen and oxygen atoms in total. The summed E-state index contributed by atoms with van der Waals surface area (Å²) in [5, 5.41) is 9.38. The second-order valence-electron chi connectivity index (χ2n) is 8.78. The standard InChI is InChI=1S/C25H31N7O/c1-5-20-16-32(21(6-2)15-31(20)12-11-18-8-7-17(3)27-14-18)24-23-22(30(4)25(33)29-24)10-9-19(13-26)28-23/h7-10,14,20-21H,5-6,11-12,15-16H2,1-4H3/t20-,21+/m1/s1. The summed E-state index contributed by atoms with van der Waals surface area (Å²) < 4.78 is 1.50. The van der Waals surface area contributed by atoms with Crippen LogP contribution in [0.2, 0.25) is 0 Å². The average Bonchev–Trinajstić information content (AvgIpc) is 2.85. The molecule has 2 atom stereocenters. The Hall–Kier alpha value is -3.31. The third-order valence-electron chi connectivity index (χ3n) is 6.73. The first-order valence-corrected chi connectivity index (χ1v) is 11.6. The Morgan fingerprint density at radius 1 is 1.09 bits per heavy atom. The maximum absolute atomic E-state index is 12.7. The van der Waals surface area contributed by atoms with Gasteiger partial charge in [0.1, 0.15) is 17.3 Å². The van der Waals surface area contributed by atoms with Gasteiger partial charge in [0.2, 0.25) is 0 Å². The number of hydrogen-bond donors (Lipinski definition) is 0. The number of pyridine rings is 2. The van der Waals surface area contributed by atoms with Crippen molar-refractivity contribution in [1.82, 2.24) is 24.4 Å². The van der Waals surface area contributed by atoms with E-state index in [-0.39, 0.29) is 11.7 Å². The van der Waals surface area contributed by atoms with E-state index in [9.17, 15) is 10.1 Å². The van der Waals surface area contributed by atoms with E-state index in [1.54, 1.807) is 19.2 Å². The van der Waals surface area contributed by atoms with Crippen LogP contribution < -0.4 is 10.6 Å². The van der Waals surface area contributed by atoms with Crippen LogP contribution in [0.4, 0.5) is 5.82 Å². The maximum Gasteiger partial charge on any atom is 0.349 e. The summed E-state index contributed by atoms with van der Waals surface area (Å²) in [5.41, 5.74) is 3.62. The predicted octanol–water partition coefficient (Wildman–Crippen LogP) is 2.83. The van der Waals surface area contributed by atoms with Gasteiger partial charge in [0.15, 0.2) is 5.82 Å². The zero-order valence-electron chi connectivity index (χ0n) is 19.8. The lowest BCUT2D eigenvalue weighted by molar-refractivity contribution is 0.145. The largest absolute Gasteiger partial charge is 0.349 e. The highest BCUT2D eigenvalue weighted by molar-refractivity contribution is 5.86. The van der Waals surface area contributed by atoms with Crippen LogP contribution in [0.5, 0.6) is 0 Å². The van der Waals surface area contributed by atoms with E-state index in [0.717, 1.165) is 44.6 Å². The number of aromatic nitrogens is 4. The minimum atomic E-state index is -0.304. The van der Waals surface area contributed by atoms with Crippen LogP contribution >= 0.6 is 0 Å². The summed E-state index contributed by atoms with van der Waals surface area (Å²) in [7, 11) is 1.69. The SMILES string of the molecule is CC[C@@H]1CN(c2nc(=O)n(C)c3ccc(C#N)nc23)[C@@H](CC)CN1CCc1ccc(C)nc1. The molecule has 3 aromatic heterocycles. The average molecular weight is 446 g/mol. The molecule has 0 spiro atoms. The van der Waals surface area contributed by atoms with E-state index >= 15 is 0 Å². The molecule has 0 radical (unpaired) electrons. The molecular weight excluding hydrogens is 414 g/mol. The van der Waals surface area contributed by atoms with E-state index in [0.29, 0.717) is 28.6 Å². The molecule has 0 unspecified atom stereocenters. The van der Waals surface area contributed by atoms with Crippen molar-refractivity contribution in [3.63, 3.8) is 0 Å². The van der Waals surface area contributed by atoms with Crippen molar-refractivity contribution in [2.45, 2.75) is 52.1 Å². The summed E-state index contributed by atoms with van der Waals surface area (Å²) >= 11 is 0. The number of rotatable bonds is 6. The number of anilines is 1. The lowest BCUT2D eigenvalue weighted by Gasteiger charge is -2.47. The van der Waals surface area contributed by atoms with Crippen molar-refractivity contribution in [2.24, 2.45) is 7.05 Å². The van der Waals surface area contributed by atoms with E-state index in [1.165, 1.54) is 10.1 Å². The number of nitrogens with zero attached hydrogens (tertiary/aromatic N) is 7. The zero-order chi connectivity index (χ0) is 23.5. The van der Waals surface area contributed by atoms with Gasteiger partial charge in [-0.1, -0.05) is 19.9 Å². The molecule has 0 amide bonds. The van der Waals surface area contributed by atoms with Crippen LogP contribution in [-0.2, 0) is 13.5 Å². The summed E-state index contributed by atoms with van der Waals surface area (Å²) in [6, 6.07) is 10.3. The number of nitriles is 1. The third-order valence-corrected chi connectivity index (χ3v) is 6.73. The van der Waals surface area contributed by atoms with Gasteiger partial charge in [0, 0.05) is 50.7 Å². The van der Waals surface area contributed by atoms with Crippen molar-refractivity contribution in [3.8, 4) is 6.07 Å². The predicted molar refractivity (Wildman–Crippen MR) is 129 cm³/mol. The maximum atomic E-state index is 12.7. The van der Waals surface area contributed by atoms with Crippen molar-refractivity contribution in [3.05, 3.63) is 57.9 Å². The summed E-state index contributed by atoms with van der Waals surface area (Å²) in [6.07, 6.45) is 4.85. The fraction of sp³-hybridized carbons (Fsp3) is 0.480. The van der Waals surface area contributed by atoms with Crippen molar-refractivity contribution in [2.75, 3.05) is 24.5 Å². The molecule has 33 heavy (non-hydrogen) atoms.